The van der Waals surface area contributed by atoms with E-state index in [1.807, 2.05) is 6.07 Å². The Kier molecular flexibility index (Phi) is 6.38. The van der Waals surface area contributed by atoms with E-state index in [1.54, 1.807) is 50.2 Å². The van der Waals surface area contributed by atoms with E-state index in [0.29, 0.717) is 16.3 Å². The fourth-order valence-electron chi connectivity index (χ4n) is 2.32. The average Bonchev–Trinajstić information content (AvgIpc) is 3.02. The molecule has 0 spiro atoms. The van der Waals surface area contributed by atoms with Crippen LogP contribution in [0.4, 0.5) is 5.13 Å². The first kappa shape index (κ1) is 20.4. The van der Waals surface area contributed by atoms with Gasteiger partial charge in [-0.25, -0.2) is 9.78 Å². The molecule has 0 fully saturated rings. The minimum absolute atomic E-state index is 0.142. The van der Waals surface area contributed by atoms with Gasteiger partial charge < -0.3 is 10.1 Å². The Morgan fingerprint density at radius 1 is 1.18 bits per heavy atom. The van der Waals surface area contributed by atoms with Gasteiger partial charge in [0.25, 0.3) is 5.91 Å². The number of halogens is 1. The van der Waals surface area contributed by atoms with Gasteiger partial charge in [0.05, 0.1) is 21.9 Å². The fraction of sp³-hybridized carbons (Fsp3) is 0.158. The molecule has 0 aliphatic carbocycles. The number of anilines is 1. The van der Waals surface area contributed by atoms with Gasteiger partial charge in [-0.05, 0) is 62.5 Å². The van der Waals surface area contributed by atoms with Gasteiger partial charge in [-0.2, -0.15) is 0 Å². The Morgan fingerprint density at radius 3 is 2.68 bits per heavy atom. The van der Waals surface area contributed by atoms with E-state index >= 15 is 0 Å². The summed E-state index contributed by atoms with van der Waals surface area (Å²) >= 11 is 9.86. The summed E-state index contributed by atoms with van der Waals surface area (Å²) in [7, 11) is 0. The summed E-state index contributed by atoms with van der Waals surface area (Å²) < 4.78 is 6.82. The summed E-state index contributed by atoms with van der Waals surface area (Å²) in [6.07, 6.45) is -0.187. The number of carbonyl (C=O) groups excluding carboxylic acids is 2. The molecule has 0 saturated heterocycles. The molecule has 9 heteroatoms. The van der Waals surface area contributed by atoms with E-state index in [0.717, 1.165) is 14.7 Å². The Morgan fingerprint density at radius 2 is 1.96 bits per heavy atom. The Labute approximate surface area is 179 Å². The Bertz CT molecular complexity index is 1070. The molecule has 6 nitrogen and oxygen atoms in total. The highest BCUT2D eigenvalue weighted by atomic mass is 79.9. The van der Waals surface area contributed by atoms with Gasteiger partial charge in [-0.15, -0.1) is 0 Å². The lowest BCUT2D eigenvalue weighted by atomic mass is 10.2. The van der Waals surface area contributed by atoms with Gasteiger partial charge in [-0.1, -0.05) is 33.3 Å². The molecular weight excluding hydrogens is 462 g/mol. The number of rotatable bonds is 4. The predicted molar refractivity (Wildman–Crippen MR) is 118 cm³/mol. The molecule has 0 bridgehead atoms. The molecule has 1 heterocycles. The molecule has 2 N–H and O–H groups in total. The van der Waals surface area contributed by atoms with Gasteiger partial charge >= 0.3 is 5.97 Å². The molecule has 0 radical (unpaired) electrons. The lowest BCUT2D eigenvalue weighted by Gasteiger charge is -2.07. The Hall–Kier alpha value is -2.36. The number of thiazole rings is 1. The van der Waals surface area contributed by atoms with Gasteiger partial charge in [0.15, 0.2) is 10.2 Å². The van der Waals surface area contributed by atoms with Crippen molar-refractivity contribution in [3.05, 3.63) is 58.1 Å². The van der Waals surface area contributed by atoms with Gasteiger partial charge in [0, 0.05) is 10.0 Å². The second-order valence-electron chi connectivity index (χ2n) is 6.07. The first-order valence-corrected chi connectivity index (χ1v) is 10.3. The highest BCUT2D eigenvalue weighted by molar-refractivity contribution is 9.10. The van der Waals surface area contributed by atoms with Crippen molar-refractivity contribution in [3.63, 3.8) is 0 Å². The minimum Gasteiger partial charge on any atom is -0.459 e. The zero-order valence-electron chi connectivity index (χ0n) is 15.0. The SMILES string of the molecule is CC(C)OC(=O)c1ccc2nc(NC(=S)NC(=O)c3cccc(Br)c3)sc2c1. The first-order valence-electron chi connectivity index (χ1n) is 8.31. The van der Waals surface area contributed by atoms with Crippen LogP contribution in [0.5, 0.6) is 0 Å². The zero-order valence-corrected chi connectivity index (χ0v) is 18.2. The lowest BCUT2D eigenvalue weighted by Crippen LogP contribution is -2.34. The van der Waals surface area contributed by atoms with Crippen LogP contribution in [-0.4, -0.2) is 28.1 Å². The number of nitrogens with one attached hydrogen (secondary N) is 2. The van der Waals surface area contributed by atoms with Crippen molar-refractivity contribution in [2.75, 3.05) is 5.32 Å². The molecule has 3 aromatic rings. The van der Waals surface area contributed by atoms with E-state index in [1.165, 1.54) is 11.3 Å². The topological polar surface area (TPSA) is 80.3 Å². The quantitative estimate of drug-likeness (QED) is 0.416. The maximum Gasteiger partial charge on any atom is 0.338 e. The van der Waals surface area contributed by atoms with Crippen LogP contribution in [0, 0.1) is 0 Å². The number of aromatic nitrogens is 1. The standard InChI is InChI=1S/C19H16BrN3O3S2/c1-10(2)26-17(25)12-6-7-14-15(9-12)28-19(21-14)23-18(27)22-16(24)11-4-3-5-13(20)8-11/h3-10H,1-2H3,(H2,21,22,23,24,27). The van der Waals surface area contributed by atoms with E-state index in [9.17, 15) is 9.59 Å². The third kappa shape index (κ3) is 5.12. The average molecular weight is 478 g/mol. The third-order valence-corrected chi connectivity index (χ3v) is 5.13. The molecule has 3 rings (SSSR count). The van der Waals surface area contributed by atoms with Gasteiger partial charge in [0.2, 0.25) is 0 Å². The molecular formula is C19H16BrN3O3S2. The smallest absolute Gasteiger partial charge is 0.338 e. The monoisotopic (exact) mass is 477 g/mol. The normalized spacial score (nSPS) is 10.7. The summed E-state index contributed by atoms with van der Waals surface area (Å²) in [5.74, 6) is -0.699. The van der Waals surface area contributed by atoms with Crippen molar-refractivity contribution >= 4 is 71.8 Å². The van der Waals surface area contributed by atoms with Crippen LogP contribution in [0.25, 0.3) is 10.2 Å². The van der Waals surface area contributed by atoms with Crippen molar-refractivity contribution in [1.29, 1.82) is 0 Å². The first-order chi connectivity index (χ1) is 13.3. The van der Waals surface area contributed by atoms with Crippen LogP contribution in [0.1, 0.15) is 34.6 Å². The second-order valence-corrected chi connectivity index (χ2v) is 8.43. The summed E-state index contributed by atoms with van der Waals surface area (Å²) in [6.45, 7) is 3.60. The summed E-state index contributed by atoms with van der Waals surface area (Å²) in [4.78, 5) is 28.7. The number of esters is 1. The van der Waals surface area contributed by atoms with Crippen molar-refractivity contribution in [2.45, 2.75) is 20.0 Å². The molecule has 0 aliphatic rings. The molecule has 0 aliphatic heterocycles. The number of thiocarbonyl (C=S) groups is 1. The molecule has 2 aromatic carbocycles. The van der Waals surface area contributed by atoms with Crippen LogP contribution in [-0.2, 0) is 4.74 Å². The maximum atomic E-state index is 12.2. The second kappa shape index (κ2) is 8.76. The molecule has 0 unspecified atom stereocenters. The maximum absolute atomic E-state index is 12.2. The van der Waals surface area contributed by atoms with Crippen LogP contribution in [0.2, 0.25) is 0 Å². The zero-order chi connectivity index (χ0) is 20.3. The van der Waals surface area contributed by atoms with Crippen molar-refractivity contribution in [1.82, 2.24) is 10.3 Å². The number of ether oxygens (including phenoxy) is 1. The molecule has 0 atom stereocenters. The van der Waals surface area contributed by atoms with Crippen molar-refractivity contribution in [2.24, 2.45) is 0 Å². The van der Waals surface area contributed by atoms with E-state index in [2.05, 4.69) is 31.5 Å². The predicted octanol–water partition coefficient (Wildman–Crippen LogP) is 4.75. The molecule has 28 heavy (non-hydrogen) atoms. The van der Waals surface area contributed by atoms with Crippen molar-refractivity contribution in [3.8, 4) is 0 Å². The number of benzene rings is 2. The highest BCUT2D eigenvalue weighted by Crippen LogP contribution is 2.27. The Balaban J connectivity index is 1.69. The van der Waals surface area contributed by atoms with E-state index in [-0.39, 0.29) is 23.1 Å². The van der Waals surface area contributed by atoms with Gasteiger partial charge in [0.1, 0.15) is 0 Å². The number of nitrogens with zero attached hydrogens (tertiary/aromatic N) is 1. The van der Waals surface area contributed by atoms with Crippen LogP contribution >= 0.6 is 39.5 Å². The number of fused-ring (bicyclic) bond motifs is 1. The molecule has 0 saturated carbocycles. The number of carbonyl (C=O) groups is 2. The van der Waals surface area contributed by atoms with Crippen LogP contribution in [0.15, 0.2) is 46.9 Å². The summed E-state index contributed by atoms with van der Waals surface area (Å²) in [5, 5.41) is 6.19. The van der Waals surface area contributed by atoms with Crippen LogP contribution in [0.3, 0.4) is 0 Å². The number of amides is 1. The van der Waals surface area contributed by atoms with Gasteiger partial charge in [-0.3, -0.25) is 10.1 Å². The van der Waals surface area contributed by atoms with Crippen molar-refractivity contribution < 1.29 is 14.3 Å². The molecule has 1 amide bonds. The number of hydrogen-bond donors (Lipinski definition) is 2. The summed E-state index contributed by atoms with van der Waals surface area (Å²) in [6, 6.07) is 12.1. The highest BCUT2D eigenvalue weighted by Gasteiger charge is 2.13. The molecule has 1 aromatic heterocycles. The van der Waals surface area contributed by atoms with E-state index < -0.39 is 0 Å². The third-order valence-electron chi connectivity index (χ3n) is 3.50. The lowest BCUT2D eigenvalue weighted by molar-refractivity contribution is 0.0378. The minimum atomic E-state index is -0.378. The molecule has 144 valence electrons. The largest absolute Gasteiger partial charge is 0.459 e. The van der Waals surface area contributed by atoms with Crippen LogP contribution < -0.4 is 10.6 Å². The number of hydrogen-bond acceptors (Lipinski definition) is 6. The van der Waals surface area contributed by atoms with E-state index in [4.69, 9.17) is 17.0 Å². The fourth-order valence-corrected chi connectivity index (χ4v) is 3.88. The summed E-state index contributed by atoms with van der Waals surface area (Å²) in [5.41, 5.74) is 1.66.